The number of hydrogen-bond acceptors (Lipinski definition) is 6. The largest absolute Gasteiger partial charge is 0.480 e. The van der Waals surface area contributed by atoms with Gasteiger partial charge in [-0.15, -0.1) is 0 Å². The molecule has 2 aromatic heterocycles. The minimum absolute atomic E-state index is 0.0312. The van der Waals surface area contributed by atoms with Crippen molar-refractivity contribution in [2.24, 2.45) is 0 Å². The highest BCUT2D eigenvalue weighted by atomic mass is 16.6. The molecule has 0 bridgehead atoms. The summed E-state index contributed by atoms with van der Waals surface area (Å²) < 4.78 is 13.0. The summed E-state index contributed by atoms with van der Waals surface area (Å²) in [6.45, 7) is 8.38. The van der Waals surface area contributed by atoms with Gasteiger partial charge < -0.3 is 9.47 Å². The van der Waals surface area contributed by atoms with Crippen LogP contribution in [0.5, 0.6) is 5.88 Å². The van der Waals surface area contributed by atoms with Crippen molar-refractivity contribution in [1.82, 2.24) is 19.7 Å². The zero-order chi connectivity index (χ0) is 20.1. The summed E-state index contributed by atoms with van der Waals surface area (Å²) in [6.07, 6.45) is 4.22. The molecule has 1 atom stereocenters. The maximum atomic E-state index is 12.9. The fraction of sp³-hybridized carbons (Fsp3) is 0.600. The smallest absolute Gasteiger partial charge is 0.416 e. The Hall–Kier alpha value is -2.64. The molecule has 150 valence electrons. The van der Waals surface area contributed by atoms with Gasteiger partial charge in [-0.3, -0.25) is 4.90 Å². The van der Waals surface area contributed by atoms with Crippen LogP contribution in [0, 0.1) is 0 Å². The SMILES string of the molecule is COc1ncnc(C2CC2)c1-c1cc2n(n1)CCC(C)N2C(=O)OC(C)(C)C. The van der Waals surface area contributed by atoms with Gasteiger partial charge in [0.15, 0.2) is 0 Å². The normalized spacial score (nSPS) is 19.3. The average molecular weight is 385 g/mol. The molecule has 0 saturated heterocycles. The number of anilines is 1. The quantitative estimate of drug-likeness (QED) is 0.800. The molecule has 1 fully saturated rings. The van der Waals surface area contributed by atoms with E-state index in [4.69, 9.17) is 14.6 Å². The van der Waals surface area contributed by atoms with E-state index in [-0.39, 0.29) is 12.1 Å². The predicted octanol–water partition coefficient (Wildman–Crippen LogP) is 3.76. The Balaban J connectivity index is 1.77. The third kappa shape index (κ3) is 3.43. The number of aryl methyl sites for hydroxylation is 1. The monoisotopic (exact) mass is 385 g/mol. The lowest BCUT2D eigenvalue weighted by Crippen LogP contribution is -2.46. The first-order valence-corrected chi connectivity index (χ1v) is 9.78. The van der Waals surface area contributed by atoms with Crippen LogP contribution < -0.4 is 9.64 Å². The molecule has 1 aliphatic carbocycles. The van der Waals surface area contributed by atoms with E-state index in [1.165, 1.54) is 0 Å². The van der Waals surface area contributed by atoms with Crippen LogP contribution in [0.1, 0.15) is 58.6 Å². The fourth-order valence-electron chi connectivity index (χ4n) is 3.58. The van der Waals surface area contributed by atoms with Crippen LogP contribution in [0.3, 0.4) is 0 Å². The number of nitrogens with zero attached hydrogens (tertiary/aromatic N) is 5. The lowest BCUT2D eigenvalue weighted by Gasteiger charge is -2.34. The third-order valence-corrected chi connectivity index (χ3v) is 5.05. The van der Waals surface area contributed by atoms with Crippen molar-refractivity contribution >= 4 is 11.9 Å². The van der Waals surface area contributed by atoms with E-state index in [2.05, 4.69) is 9.97 Å². The molecule has 8 nitrogen and oxygen atoms in total. The molecule has 1 amide bonds. The molecule has 3 heterocycles. The summed E-state index contributed by atoms with van der Waals surface area (Å²) in [7, 11) is 1.60. The molecule has 2 aliphatic rings. The number of methoxy groups -OCH3 is 1. The lowest BCUT2D eigenvalue weighted by molar-refractivity contribution is 0.0556. The summed E-state index contributed by atoms with van der Waals surface area (Å²) in [6, 6.07) is 1.95. The van der Waals surface area contributed by atoms with Crippen LogP contribution >= 0.6 is 0 Å². The highest BCUT2D eigenvalue weighted by Gasteiger charge is 2.36. The second kappa shape index (κ2) is 6.76. The number of ether oxygens (including phenoxy) is 2. The van der Waals surface area contributed by atoms with Gasteiger partial charge >= 0.3 is 6.09 Å². The molecule has 0 radical (unpaired) electrons. The molecule has 0 aromatic carbocycles. The lowest BCUT2D eigenvalue weighted by atomic mass is 10.1. The standard InChI is InChI=1S/C20H27N5O3/c1-12-8-9-24-15(25(12)19(26)28-20(2,3)4)10-14(23-24)16-17(13-6-7-13)21-11-22-18(16)27-5/h10-13H,6-9H2,1-5H3. The summed E-state index contributed by atoms with van der Waals surface area (Å²) >= 11 is 0. The average Bonchev–Trinajstić information content (AvgIpc) is 3.38. The second-order valence-corrected chi connectivity index (χ2v) is 8.52. The van der Waals surface area contributed by atoms with Gasteiger partial charge in [0.2, 0.25) is 5.88 Å². The number of carbonyl (C=O) groups is 1. The van der Waals surface area contributed by atoms with Crippen molar-refractivity contribution in [1.29, 1.82) is 0 Å². The first-order valence-electron chi connectivity index (χ1n) is 9.78. The number of carbonyl (C=O) groups excluding carboxylic acids is 1. The Labute approximate surface area is 164 Å². The maximum absolute atomic E-state index is 12.9. The van der Waals surface area contributed by atoms with Crippen LogP contribution in [-0.4, -0.2) is 44.6 Å². The van der Waals surface area contributed by atoms with Gasteiger partial charge in [-0.2, -0.15) is 5.10 Å². The van der Waals surface area contributed by atoms with Crippen molar-refractivity contribution in [3.05, 3.63) is 18.1 Å². The molecule has 2 aromatic rings. The van der Waals surface area contributed by atoms with Gasteiger partial charge in [0.1, 0.15) is 23.4 Å². The highest BCUT2D eigenvalue weighted by molar-refractivity contribution is 5.89. The van der Waals surface area contributed by atoms with Crippen molar-refractivity contribution in [3.8, 4) is 17.1 Å². The summed E-state index contributed by atoms with van der Waals surface area (Å²) in [5.74, 6) is 1.67. The molecule has 1 aliphatic heterocycles. The topological polar surface area (TPSA) is 82.4 Å². The Morgan fingerprint density at radius 1 is 1.21 bits per heavy atom. The molecule has 28 heavy (non-hydrogen) atoms. The van der Waals surface area contributed by atoms with E-state index in [1.807, 2.05) is 38.4 Å². The molecule has 4 rings (SSSR count). The van der Waals surface area contributed by atoms with Crippen LogP contribution in [0.25, 0.3) is 11.3 Å². The van der Waals surface area contributed by atoms with E-state index in [0.717, 1.165) is 48.6 Å². The molecule has 1 saturated carbocycles. The minimum Gasteiger partial charge on any atom is -0.480 e. The molecule has 8 heteroatoms. The van der Waals surface area contributed by atoms with E-state index < -0.39 is 5.60 Å². The fourth-order valence-corrected chi connectivity index (χ4v) is 3.58. The van der Waals surface area contributed by atoms with Crippen LogP contribution in [-0.2, 0) is 11.3 Å². The van der Waals surface area contributed by atoms with E-state index in [9.17, 15) is 4.79 Å². The Morgan fingerprint density at radius 2 is 1.96 bits per heavy atom. The van der Waals surface area contributed by atoms with E-state index in [0.29, 0.717) is 11.8 Å². The second-order valence-electron chi connectivity index (χ2n) is 8.52. The summed E-state index contributed by atoms with van der Waals surface area (Å²) in [5, 5.41) is 4.77. The molecule has 1 unspecified atom stereocenters. The van der Waals surface area contributed by atoms with Gasteiger partial charge in [-0.05, 0) is 47.0 Å². The predicted molar refractivity (Wildman–Crippen MR) is 105 cm³/mol. The summed E-state index contributed by atoms with van der Waals surface area (Å²) in [5.41, 5.74) is 1.97. The van der Waals surface area contributed by atoms with Crippen molar-refractivity contribution in [2.75, 3.05) is 12.0 Å². The first kappa shape index (κ1) is 18.7. The van der Waals surface area contributed by atoms with Crippen LogP contribution in [0.15, 0.2) is 12.4 Å². The van der Waals surface area contributed by atoms with Crippen LogP contribution in [0.2, 0.25) is 0 Å². The van der Waals surface area contributed by atoms with E-state index >= 15 is 0 Å². The molecule has 0 N–H and O–H groups in total. The molecule has 0 spiro atoms. The van der Waals surface area contributed by atoms with Crippen molar-refractivity contribution < 1.29 is 14.3 Å². The van der Waals surface area contributed by atoms with Gasteiger partial charge in [-0.1, -0.05) is 0 Å². The van der Waals surface area contributed by atoms with Gasteiger partial charge in [0.25, 0.3) is 0 Å². The molecular formula is C20H27N5O3. The number of fused-ring (bicyclic) bond motifs is 1. The highest BCUT2D eigenvalue weighted by Crippen LogP contribution is 2.46. The first-order chi connectivity index (χ1) is 13.3. The Kier molecular flexibility index (Phi) is 4.51. The van der Waals surface area contributed by atoms with Crippen molar-refractivity contribution in [2.45, 2.75) is 71.1 Å². The van der Waals surface area contributed by atoms with Crippen LogP contribution in [0.4, 0.5) is 10.6 Å². The minimum atomic E-state index is -0.558. The van der Waals surface area contributed by atoms with Gasteiger partial charge in [0, 0.05) is 24.6 Å². The van der Waals surface area contributed by atoms with Gasteiger partial charge in [-0.25, -0.2) is 19.4 Å². The zero-order valence-electron chi connectivity index (χ0n) is 17.1. The Bertz CT molecular complexity index is 898. The third-order valence-electron chi connectivity index (χ3n) is 5.05. The Morgan fingerprint density at radius 3 is 2.61 bits per heavy atom. The van der Waals surface area contributed by atoms with Crippen molar-refractivity contribution in [3.63, 3.8) is 0 Å². The van der Waals surface area contributed by atoms with Gasteiger partial charge in [0.05, 0.1) is 18.4 Å². The van der Waals surface area contributed by atoms with E-state index in [1.54, 1.807) is 18.3 Å². The number of rotatable bonds is 3. The molecular weight excluding hydrogens is 358 g/mol. The maximum Gasteiger partial charge on any atom is 0.416 e. The number of amides is 1. The summed E-state index contributed by atoms with van der Waals surface area (Å²) in [4.78, 5) is 23.3. The number of aromatic nitrogens is 4. The number of hydrogen-bond donors (Lipinski definition) is 0. The zero-order valence-corrected chi connectivity index (χ0v) is 17.1.